The summed E-state index contributed by atoms with van der Waals surface area (Å²) in [6.07, 6.45) is 0.423. The fraction of sp³-hybridized carbons (Fsp3) is 0.300. The van der Waals surface area contributed by atoms with Gasteiger partial charge in [-0.3, -0.25) is 4.79 Å². The number of benzene rings is 1. The summed E-state index contributed by atoms with van der Waals surface area (Å²) < 4.78 is 5.39. The highest BCUT2D eigenvalue weighted by Crippen LogP contribution is 2.16. The molecule has 0 spiro atoms. The number of esters is 1. The number of hydrogen-bond acceptors (Lipinski definition) is 5. The first-order chi connectivity index (χ1) is 12.2. The van der Waals surface area contributed by atoms with Crippen molar-refractivity contribution in [3.05, 3.63) is 64.5 Å². The maximum absolute atomic E-state index is 12.4. The molecule has 0 atom stereocenters. The Morgan fingerprint density at radius 3 is 2.38 bits per heavy atom. The molecule has 1 aromatic carbocycles. The predicted molar refractivity (Wildman–Crippen MR) is 96.8 cm³/mol. The molecule has 1 aromatic heterocycles. The molecule has 1 N–H and O–H groups in total. The zero-order chi connectivity index (χ0) is 19.3. The molecular formula is C20H21N3O3. The molecule has 0 aliphatic carbocycles. The van der Waals surface area contributed by atoms with Crippen LogP contribution in [0.3, 0.4) is 0 Å². The molecule has 6 nitrogen and oxygen atoms in total. The molecule has 1 heterocycles. The summed E-state index contributed by atoms with van der Waals surface area (Å²) >= 11 is 0. The summed E-state index contributed by atoms with van der Waals surface area (Å²) in [4.78, 5) is 28.7. The first kappa shape index (κ1) is 19.1. The number of aromatic nitrogens is 1. The fourth-order valence-electron chi connectivity index (χ4n) is 2.28. The molecule has 0 saturated carbocycles. The average Bonchev–Trinajstić information content (AvgIpc) is 2.60. The molecule has 0 aliphatic rings. The highest BCUT2D eigenvalue weighted by Gasteiger charge is 2.20. The van der Waals surface area contributed by atoms with Crippen molar-refractivity contribution in [1.29, 1.82) is 5.26 Å². The standard InChI is InChI=1S/C20H21N3O3/c1-20(2,3)26-19(25)15-10-16(23-17(11-15)18(24)22-4)9-13-5-7-14(12-21)8-6-13/h5-8,10-11H,9H2,1-4H3,(H,22,24). The van der Waals surface area contributed by atoms with Crippen LogP contribution in [-0.2, 0) is 11.2 Å². The van der Waals surface area contributed by atoms with E-state index in [-0.39, 0.29) is 17.2 Å². The van der Waals surface area contributed by atoms with Crippen molar-refractivity contribution in [1.82, 2.24) is 10.3 Å². The molecular weight excluding hydrogens is 330 g/mol. The lowest BCUT2D eigenvalue weighted by Gasteiger charge is -2.20. The van der Waals surface area contributed by atoms with Crippen LogP contribution < -0.4 is 5.32 Å². The van der Waals surface area contributed by atoms with E-state index in [2.05, 4.69) is 16.4 Å². The van der Waals surface area contributed by atoms with Crippen molar-refractivity contribution in [2.45, 2.75) is 32.8 Å². The lowest BCUT2D eigenvalue weighted by atomic mass is 10.0. The van der Waals surface area contributed by atoms with Gasteiger partial charge in [0.25, 0.3) is 5.91 Å². The predicted octanol–water partition coefficient (Wildman–Crippen LogP) is 2.86. The Bertz CT molecular complexity index is 859. The summed E-state index contributed by atoms with van der Waals surface area (Å²) in [5, 5.41) is 11.4. The Hall–Kier alpha value is -3.20. The van der Waals surface area contributed by atoms with E-state index in [1.807, 2.05) is 12.1 Å². The van der Waals surface area contributed by atoms with Gasteiger partial charge in [0.1, 0.15) is 11.3 Å². The van der Waals surface area contributed by atoms with E-state index < -0.39 is 11.6 Å². The number of pyridine rings is 1. The van der Waals surface area contributed by atoms with E-state index in [1.165, 1.54) is 13.1 Å². The molecule has 2 aromatic rings. The van der Waals surface area contributed by atoms with E-state index >= 15 is 0 Å². The Kier molecular flexibility index (Phi) is 5.73. The molecule has 0 radical (unpaired) electrons. The van der Waals surface area contributed by atoms with Gasteiger partial charge in [0.2, 0.25) is 0 Å². The van der Waals surface area contributed by atoms with Crippen molar-refractivity contribution < 1.29 is 14.3 Å². The number of ether oxygens (including phenoxy) is 1. The number of hydrogen-bond donors (Lipinski definition) is 1. The van der Waals surface area contributed by atoms with E-state index in [0.29, 0.717) is 17.7 Å². The van der Waals surface area contributed by atoms with Gasteiger partial charge < -0.3 is 10.1 Å². The van der Waals surface area contributed by atoms with Gasteiger partial charge in [0, 0.05) is 19.2 Å². The van der Waals surface area contributed by atoms with Gasteiger partial charge in [-0.2, -0.15) is 5.26 Å². The summed E-state index contributed by atoms with van der Waals surface area (Å²) in [5.74, 6) is -0.886. The number of rotatable bonds is 4. The second kappa shape index (κ2) is 7.79. The summed E-state index contributed by atoms with van der Waals surface area (Å²) in [5.41, 5.74) is 1.84. The van der Waals surface area contributed by atoms with Crippen LogP contribution in [0.15, 0.2) is 36.4 Å². The van der Waals surface area contributed by atoms with Gasteiger partial charge in [0.05, 0.1) is 17.2 Å². The minimum Gasteiger partial charge on any atom is -0.456 e. The van der Waals surface area contributed by atoms with Crippen LogP contribution in [0, 0.1) is 11.3 Å². The van der Waals surface area contributed by atoms with Gasteiger partial charge in [-0.25, -0.2) is 9.78 Å². The number of nitriles is 1. The van der Waals surface area contributed by atoms with Crippen molar-refractivity contribution in [3.8, 4) is 6.07 Å². The summed E-state index contributed by atoms with van der Waals surface area (Å²) in [7, 11) is 1.50. The minimum atomic E-state index is -0.638. The molecule has 0 unspecified atom stereocenters. The van der Waals surface area contributed by atoms with Crippen LogP contribution in [0.25, 0.3) is 0 Å². The third-order valence-corrected chi connectivity index (χ3v) is 3.44. The Morgan fingerprint density at radius 1 is 1.19 bits per heavy atom. The van der Waals surface area contributed by atoms with Crippen LogP contribution in [0.4, 0.5) is 0 Å². The normalized spacial score (nSPS) is 10.7. The van der Waals surface area contributed by atoms with E-state index in [9.17, 15) is 9.59 Å². The topological polar surface area (TPSA) is 92.1 Å². The number of amides is 1. The second-order valence-electron chi connectivity index (χ2n) is 6.80. The van der Waals surface area contributed by atoms with Crippen molar-refractivity contribution in [2.75, 3.05) is 7.05 Å². The number of carbonyl (C=O) groups excluding carboxylic acids is 2. The third-order valence-electron chi connectivity index (χ3n) is 3.44. The van der Waals surface area contributed by atoms with Gasteiger partial charge in [-0.1, -0.05) is 12.1 Å². The van der Waals surface area contributed by atoms with E-state index in [4.69, 9.17) is 10.00 Å². The molecule has 134 valence electrons. The molecule has 1 amide bonds. The van der Waals surface area contributed by atoms with Gasteiger partial charge in [-0.05, 0) is 50.6 Å². The average molecular weight is 351 g/mol. The largest absolute Gasteiger partial charge is 0.456 e. The van der Waals surface area contributed by atoms with Crippen molar-refractivity contribution in [3.63, 3.8) is 0 Å². The molecule has 0 bridgehead atoms. The number of nitrogens with one attached hydrogen (secondary N) is 1. The highest BCUT2D eigenvalue weighted by atomic mass is 16.6. The fourth-order valence-corrected chi connectivity index (χ4v) is 2.28. The van der Waals surface area contributed by atoms with Crippen LogP contribution in [-0.4, -0.2) is 29.5 Å². The molecule has 26 heavy (non-hydrogen) atoms. The monoisotopic (exact) mass is 351 g/mol. The third kappa shape index (κ3) is 5.15. The molecule has 0 saturated heterocycles. The van der Waals surface area contributed by atoms with Gasteiger partial charge >= 0.3 is 5.97 Å². The van der Waals surface area contributed by atoms with Crippen molar-refractivity contribution in [2.24, 2.45) is 0 Å². The van der Waals surface area contributed by atoms with Crippen LogP contribution >= 0.6 is 0 Å². The summed E-state index contributed by atoms with van der Waals surface area (Å²) in [6, 6.07) is 12.2. The quantitative estimate of drug-likeness (QED) is 0.855. The number of nitrogens with zero attached hydrogens (tertiary/aromatic N) is 2. The van der Waals surface area contributed by atoms with Crippen molar-refractivity contribution >= 4 is 11.9 Å². The lowest BCUT2D eigenvalue weighted by molar-refractivity contribution is 0.00692. The van der Waals surface area contributed by atoms with Crippen LogP contribution in [0.2, 0.25) is 0 Å². The maximum atomic E-state index is 12.4. The SMILES string of the molecule is CNC(=O)c1cc(C(=O)OC(C)(C)C)cc(Cc2ccc(C#N)cc2)n1. The Labute approximate surface area is 152 Å². The smallest absolute Gasteiger partial charge is 0.338 e. The Balaban J connectivity index is 2.37. The molecule has 0 fully saturated rings. The zero-order valence-electron chi connectivity index (χ0n) is 15.3. The van der Waals surface area contributed by atoms with E-state index in [0.717, 1.165) is 5.56 Å². The molecule has 2 rings (SSSR count). The summed E-state index contributed by atoms with van der Waals surface area (Å²) in [6.45, 7) is 5.34. The van der Waals surface area contributed by atoms with Gasteiger partial charge in [-0.15, -0.1) is 0 Å². The van der Waals surface area contributed by atoms with Crippen LogP contribution in [0.1, 0.15) is 58.4 Å². The molecule has 0 aliphatic heterocycles. The highest BCUT2D eigenvalue weighted by molar-refractivity contribution is 5.96. The lowest BCUT2D eigenvalue weighted by Crippen LogP contribution is -2.25. The number of carbonyl (C=O) groups is 2. The zero-order valence-corrected chi connectivity index (χ0v) is 15.3. The second-order valence-corrected chi connectivity index (χ2v) is 6.80. The molecule has 6 heteroatoms. The van der Waals surface area contributed by atoms with Gasteiger partial charge in [0.15, 0.2) is 0 Å². The maximum Gasteiger partial charge on any atom is 0.338 e. The Morgan fingerprint density at radius 2 is 1.85 bits per heavy atom. The van der Waals surface area contributed by atoms with E-state index in [1.54, 1.807) is 39.0 Å². The first-order valence-electron chi connectivity index (χ1n) is 8.17. The first-order valence-corrected chi connectivity index (χ1v) is 8.17. The minimum absolute atomic E-state index is 0.152. The van der Waals surface area contributed by atoms with Crippen LogP contribution in [0.5, 0.6) is 0 Å².